The van der Waals surface area contributed by atoms with Crippen LogP contribution in [-0.4, -0.2) is 17.5 Å². The lowest BCUT2D eigenvalue weighted by molar-refractivity contribution is -0.128. The van der Waals surface area contributed by atoms with Crippen molar-refractivity contribution in [2.45, 2.75) is 77.3 Å². The molecule has 100 valence electrons. The summed E-state index contributed by atoms with van der Waals surface area (Å²) in [7, 11) is 0. The Hall–Kier alpha value is -0.570. The predicted octanol–water partition coefficient (Wildman–Crippen LogP) is 2.59. The van der Waals surface area contributed by atoms with E-state index in [9.17, 15) is 4.79 Å². The third-order valence-corrected chi connectivity index (χ3v) is 3.85. The maximum absolute atomic E-state index is 12.2. The maximum Gasteiger partial charge on any atom is 0.240 e. The molecule has 0 aromatic heterocycles. The van der Waals surface area contributed by atoms with Crippen molar-refractivity contribution in [1.29, 1.82) is 0 Å². The zero-order valence-electron chi connectivity index (χ0n) is 11.6. The van der Waals surface area contributed by atoms with Crippen LogP contribution in [0.3, 0.4) is 0 Å². The highest BCUT2D eigenvalue weighted by atomic mass is 16.2. The van der Waals surface area contributed by atoms with Crippen molar-refractivity contribution in [3.05, 3.63) is 0 Å². The highest BCUT2D eigenvalue weighted by molar-refractivity contribution is 5.86. The van der Waals surface area contributed by atoms with Gasteiger partial charge in [0.15, 0.2) is 0 Å². The fourth-order valence-electron chi connectivity index (χ4n) is 2.75. The standard InChI is InChI=1S/C14H28N2O/c1-4-5-8-12(3)16-13(17)14(15)9-6-7-11(2)10-14/h11-12H,4-10,15H2,1-3H3,(H,16,17). The molecule has 3 unspecified atom stereocenters. The van der Waals surface area contributed by atoms with Crippen LogP contribution in [0.5, 0.6) is 0 Å². The molecule has 3 atom stereocenters. The summed E-state index contributed by atoms with van der Waals surface area (Å²) in [4.78, 5) is 12.2. The largest absolute Gasteiger partial charge is 0.352 e. The average molecular weight is 240 g/mol. The van der Waals surface area contributed by atoms with Crippen molar-refractivity contribution in [2.24, 2.45) is 11.7 Å². The molecule has 1 amide bonds. The fourth-order valence-corrected chi connectivity index (χ4v) is 2.75. The van der Waals surface area contributed by atoms with E-state index in [2.05, 4.69) is 26.1 Å². The third-order valence-electron chi connectivity index (χ3n) is 3.85. The Kier molecular flexibility index (Phi) is 5.44. The summed E-state index contributed by atoms with van der Waals surface area (Å²) in [5.74, 6) is 0.637. The molecule has 0 aliphatic heterocycles. The number of carbonyl (C=O) groups excluding carboxylic acids is 1. The molecule has 1 fully saturated rings. The molecule has 1 aliphatic rings. The molecule has 1 rings (SSSR count). The van der Waals surface area contributed by atoms with Gasteiger partial charge in [-0.3, -0.25) is 4.79 Å². The van der Waals surface area contributed by atoms with Crippen molar-refractivity contribution < 1.29 is 4.79 Å². The smallest absolute Gasteiger partial charge is 0.240 e. The molecule has 1 saturated carbocycles. The summed E-state index contributed by atoms with van der Waals surface area (Å²) < 4.78 is 0. The van der Waals surface area contributed by atoms with Crippen molar-refractivity contribution >= 4 is 5.91 Å². The van der Waals surface area contributed by atoms with Gasteiger partial charge < -0.3 is 11.1 Å². The van der Waals surface area contributed by atoms with E-state index < -0.39 is 5.54 Å². The highest BCUT2D eigenvalue weighted by Gasteiger charge is 2.38. The molecule has 0 radical (unpaired) electrons. The second kappa shape index (κ2) is 6.39. The molecule has 0 aromatic carbocycles. The van der Waals surface area contributed by atoms with Gasteiger partial charge >= 0.3 is 0 Å². The van der Waals surface area contributed by atoms with E-state index in [1.807, 2.05) is 0 Å². The number of carbonyl (C=O) groups is 1. The van der Waals surface area contributed by atoms with Gasteiger partial charge in [0.2, 0.25) is 5.91 Å². The van der Waals surface area contributed by atoms with Crippen LogP contribution in [0.4, 0.5) is 0 Å². The number of nitrogens with two attached hydrogens (primary N) is 1. The van der Waals surface area contributed by atoms with E-state index >= 15 is 0 Å². The molecular formula is C14H28N2O. The first-order chi connectivity index (χ1) is 7.98. The summed E-state index contributed by atoms with van der Waals surface area (Å²) in [6.07, 6.45) is 7.34. The van der Waals surface area contributed by atoms with Gasteiger partial charge in [0.25, 0.3) is 0 Å². The zero-order valence-corrected chi connectivity index (χ0v) is 11.6. The third kappa shape index (κ3) is 4.30. The summed E-state index contributed by atoms with van der Waals surface area (Å²) in [5.41, 5.74) is 5.64. The minimum absolute atomic E-state index is 0.0626. The Morgan fingerprint density at radius 3 is 2.88 bits per heavy atom. The Morgan fingerprint density at radius 2 is 2.29 bits per heavy atom. The fraction of sp³-hybridized carbons (Fsp3) is 0.929. The van der Waals surface area contributed by atoms with Gasteiger partial charge in [0.1, 0.15) is 0 Å². The maximum atomic E-state index is 12.2. The van der Waals surface area contributed by atoms with Crippen molar-refractivity contribution in [2.75, 3.05) is 0 Å². The van der Waals surface area contributed by atoms with Crippen molar-refractivity contribution in [3.63, 3.8) is 0 Å². The van der Waals surface area contributed by atoms with E-state index in [0.29, 0.717) is 5.92 Å². The Balaban J connectivity index is 2.45. The molecule has 17 heavy (non-hydrogen) atoms. The van der Waals surface area contributed by atoms with Gasteiger partial charge in [-0.25, -0.2) is 0 Å². The first kappa shape index (κ1) is 14.5. The topological polar surface area (TPSA) is 55.1 Å². The lowest BCUT2D eigenvalue weighted by Gasteiger charge is -2.36. The number of unbranched alkanes of at least 4 members (excludes halogenated alkanes) is 1. The molecule has 3 nitrogen and oxygen atoms in total. The molecule has 0 spiro atoms. The van der Waals surface area contributed by atoms with Gasteiger partial charge in [-0.1, -0.05) is 39.5 Å². The molecule has 0 saturated heterocycles. The summed E-state index contributed by atoms with van der Waals surface area (Å²) >= 11 is 0. The van der Waals surface area contributed by atoms with Crippen LogP contribution in [0.2, 0.25) is 0 Å². The molecule has 0 heterocycles. The van der Waals surface area contributed by atoms with Crippen LogP contribution in [0.15, 0.2) is 0 Å². The number of hydrogen-bond donors (Lipinski definition) is 2. The molecular weight excluding hydrogens is 212 g/mol. The van der Waals surface area contributed by atoms with E-state index in [0.717, 1.165) is 32.1 Å². The Bertz CT molecular complexity index is 255. The average Bonchev–Trinajstić information content (AvgIpc) is 2.26. The van der Waals surface area contributed by atoms with E-state index in [1.165, 1.54) is 12.8 Å². The van der Waals surface area contributed by atoms with Crippen LogP contribution in [-0.2, 0) is 4.79 Å². The Morgan fingerprint density at radius 1 is 1.59 bits per heavy atom. The van der Waals surface area contributed by atoms with Crippen LogP contribution in [0, 0.1) is 5.92 Å². The number of hydrogen-bond acceptors (Lipinski definition) is 2. The summed E-state index contributed by atoms with van der Waals surface area (Å²) in [6.45, 7) is 6.43. The number of rotatable bonds is 5. The van der Waals surface area contributed by atoms with Gasteiger partial charge in [0.05, 0.1) is 5.54 Å². The predicted molar refractivity (Wildman–Crippen MR) is 71.7 cm³/mol. The monoisotopic (exact) mass is 240 g/mol. The molecule has 1 aliphatic carbocycles. The molecule has 3 N–H and O–H groups in total. The van der Waals surface area contributed by atoms with Gasteiger partial charge in [0, 0.05) is 6.04 Å². The molecule has 3 heteroatoms. The first-order valence-corrected chi connectivity index (χ1v) is 7.08. The SMILES string of the molecule is CCCCC(C)NC(=O)C1(N)CCCC(C)C1. The van der Waals surface area contributed by atoms with E-state index in [-0.39, 0.29) is 11.9 Å². The minimum Gasteiger partial charge on any atom is -0.352 e. The normalized spacial score (nSPS) is 30.9. The minimum atomic E-state index is -0.613. The number of nitrogens with one attached hydrogen (secondary N) is 1. The van der Waals surface area contributed by atoms with Crippen LogP contribution >= 0.6 is 0 Å². The first-order valence-electron chi connectivity index (χ1n) is 7.08. The van der Waals surface area contributed by atoms with Gasteiger partial charge in [-0.05, 0) is 32.1 Å². The Labute approximate surface area is 106 Å². The van der Waals surface area contributed by atoms with E-state index in [4.69, 9.17) is 5.73 Å². The highest BCUT2D eigenvalue weighted by Crippen LogP contribution is 2.30. The summed E-state index contributed by atoms with van der Waals surface area (Å²) in [5, 5.41) is 3.08. The van der Waals surface area contributed by atoms with Crippen LogP contribution in [0.25, 0.3) is 0 Å². The second-order valence-corrected chi connectivity index (χ2v) is 5.87. The molecule has 0 aromatic rings. The van der Waals surface area contributed by atoms with Crippen molar-refractivity contribution in [1.82, 2.24) is 5.32 Å². The number of amides is 1. The van der Waals surface area contributed by atoms with Crippen molar-refractivity contribution in [3.8, 4) is 0 Å². The van der Waals surface area contributed by atoms with Crippen LogP contribution in [0.1, 0.15) is 65.7 Å². The zero-order chi connectivity index (χ0) is 12.9. The lowest BCUT2D eigenvalue weighted by atomic mass is 9.76. The lowest BCUT2D eigenvalue weighted by Crippen LogP contribution is -2.57. The molecule has 0 bridgehead atoms. The van der Waals surface area contributed by atoms with Crippen LogP contribution < -0.4 is 11.1 Å². The van der Waals surface area contributed by atoms with Gasteiger partial charge in [-0.15, -0.1) is 0 Å². The van der Waals surface area contributed by atoms with E-state index in [1.54, 1.807) is 0 Å². The second-order valence-electron chi connectivity index (χ2n) is 5.87. The quantitative estimate of drug-likeness (QED) is 0.776. The summed E-state index contributed by atoms with van der Waals surface area (Å²) in [6, 6.07) is 0.250. The van der Waals surface area contributed by atoms with Gasteiger partial charge in [-0.2, -0.15) is 0 Å².